The molecule has 0 bridgehead atoms. The van der Waals surface area contributed by atoms with Crippen LogP contribution in [0.5, 0.6) is 5.75 Å². The Hall–Kier alpha value is -2.50. The molecular weight excluding hydrogens is 692 g/mol. The number of rotatable bonds is 6. The number of hydrogen-bond donors (Lipinski definition) is 0. The van der Waals surface area contributed by atoms with Crippen LogP contribution in [-0.4, -0.2) is 24.3 Å². The maximum absolute atomic E-state index is 13.7. The number of ether oxygens (including phenoxy) is 2. The highest BCUT2D eigenvalue weighted by molar-refractivity contribution is 14.1. The van der Waals surface area contributed by atoms with Gasteiger partial charge in [0.1, 0.15) is 11.8 Å². The lowest BCUT2D eigenvalue weighted by Gasteiger charge is -2.25. The van der Waals surface area contributed by atoms with E-state index in [2.05, 4.69) is 50.2 Å². The highest BCUT2D eigenvalue weighted by Gasteiger charge is 2.33. The second-order valence-electron chi connectivity index (χ2n) is 7.46. The molecule has 0 amide bonds. The van der Waals surface area contributed by atoms with Crippen LogP contribution in [-0.2, 0) is 9.53 Å². The molecule has 1 atom stereocenters. The summed E-state index contributed by atoms with van der Waals surface area (Å²) < 4.78 is 14.4. The number of carbonyl (C=O) groups excluding carboxylic acids is 1. The zero-order chi connectivity index (χ0) is 25.1. The van der Waals surface area contributed by atoms with Crippen molar-refractivity contribution in [2.75, 3.05) is 13.7 Å². The Morgan fingerprint density at radius 1 is 1.26 bits per heavy atom. The summed E-state index contributed by atoms with van der Waals surface area (Å²) >= 11 is 5.60. The molecule has 7 nitrogen and oxygen atoms in total. The van der Waals surface area contributed by atoms with Crippen LogP contribution in [0.3, 0.4) is 0 Å². The Kier molecular flexibility index (Phi) is 8.08. The molecular formula is C25H19I2N3O4S. The third kappa shape index (κ3) is 5.07. The molecule has 3 aromatic rings. The number of methoxy groups -OCH3 is 1. The molecule has 0 aliphatic carbocycles. The molecule has 0 N–H and O–H groups in total. The van der Waals surface area contributed by atoms with Crippen molar-refractivity contribution in [2.24, 2.45) is 4.99 Å². The van der Waals surface area contributed by atoms with Crippen LogP contribution >= 0.6 is 56.5 Å². The molecule has 2 aromatic carbocycles. The van der Waals surface area contributed by atoms with Crippen molar-refractivity contribution in [3.63, 3.8) is 0 Å². The summed E-state index contributed by atoms with van der Waals surface area (Å²) in [6, 6.07) is 14.6. The monoisotopic (exact) mass is 711 g/mol. The lowest BCUT2D eigenvalue weighted by Crippen LogP contribution is -2.40. The van der Waals surface area contributed by atoms with E-state index in [0.717, 1.165) is 18.3 Å². The molecule has 0 unspecified atom stereocenters. The highest BCUT2D eigenvalue weighted by Crippen LogP contribution is 2.32. The van der Waals surface area contributed by atoms with Gasteiger partial charge in [0.25, 0.3) is 5.56 Å². The van der Waals surface area contributed by atoms with Crippen LogP contribution in [0.15, 0.2) is 63.5 Å². The summed E-state index contributed by atoms with van der Waals surface area (Å²) in [5.41, 5.74) is 2.40. The molecule has 0 spiro atoms. The number of hydrogen-bond acceptors (Lipinski definition) is 7. The van der Waals surface area contributed by atoms with Gasteiger partial charge in [-0.05, 0) is 80.9 Å². The number of thiazole rings is 1. The topological polar surface area (TPSA) is 93.7 Å². The van der Waals surface area contributed by atoms with Gasteiger partial charge in [-0.25, -0.2) is 9.79 Å². The first-order chi connectivity index (χ1) is 16.9. The number of benzene rings is 2. The summed E-state index contributed by atoms with van der Waals surface area (Å²) in [7, 11) is 1.34. The molecule has 4 rings (SSSR count). The molecule has 1 aromatic heterocycles. The number of nitriles is 1. The average molecular weight is 711 g/mol. The van der Waals surface area contributed by atoms with E-state index in [-0.39, 0.29) is 12.2 Å². The van der Waals surface area contributed by atoms with Gasteiger partial charge in [-0.2, -0.15) is 5.26 Å². The molecule has 178 valence electrons. The predicted octanol–water partition coefficient (Wildman–Crippen LogP) is 3.91. The lowest BCUT2D eigenvalue weighted by molar-refractivity contribution is -0.136. The normalized spacial score (nSPS) is 15.3. The highest BCUT2D eigenvalue weighted by atomic mass is 127. The minimum absolute atomic E-state index is 0.0360. The zero-order valence-corrected chi connectivity index (χ0v) is 23.9. The van der Waals surface area contributed by atoms with Crippen molar-refractivity contribution in [3.8, 4) is 11.8 Å². The van der Waals surface area contributed by atoms with E-state index in [1.165, 1.54) is 18.4 Å². The van der Waals surface area contributed by atoms with Gasteiger partial charge < -0.3 is 9.47 Å². The lowest BCUT2D eigenvalue weighted by atomic mass is 9.95. The van der Waals surface area contributed by atoms with E-state index in [1.54, 1.807) is 4.57 Å². The number of halogens is 2. The first-order valence-corrected chi connectivity index (χ1v) is 13.5. The van der Waals surface area contributed by atoms with E-state index >= 15 is 0 Å². The number of esters is 1. The minimum Gasteiger partial charge on any atom is -0.477 e. The Labute approximate surface area is 232 Å². The van der Waals surface area contributed by atoms with Gasteiger partial charge in [-0.1, -0.05) is 48.6 Å². The Morgan fingerprint density at radius 2 is 1.94 bits per heavy atom. The smallest absolute Gasteiger partial charge is 0.338 e. The third-order valence-electron chi connectivity index (χ3n) is 5.36. The quantitative estimate of drug-likeness (QED) is 0.286. The maximum atomic E-state index is 13.7. The van der Waals surface area contributed by atoms with Crippen LogP contribution in [0.1, 0.15) is 30.5 Å². The molecule has 1 aliphatic rings. The minimum atomic E-state index is -0.626. The molecule has 1 aliphatic heterocycles. The van der Waals surface area contributed by atoms with Crippen LogP contribution in [0.4, 0.5) is 0 Å². The second-order valence-corrected chi connectivity index (χ2v) is 10.8. The average Bonchev–Trinajstić information content (AvgIpc) is 3.16. The Balaban J connectivity index is 1.92. The summed E-state index contributed by atoms with van der Waals surface area (Å²) in [4.78, 5) is 31.7. The van der Waals surface area contributed by atoms with Crippen molar-refractivity contribution in [3.05, 3.63) is 91.7 Å². The van der Waals surface area contributed by atoms with Gasteiger partial charge >= 0.3 is 5.97 Å². The molecule has 10 heteroatoms. The zero-order valence-electron chi connectivity index (χ0n) is 18.7. The SMILES string of the molecule is CCC1=C(C(=O)OC)[C@H](c2ccccc2)n2c(s/c(=C\c3cc(I)c(OCC#N)c(I)c3)c2=O)=N1. The summed E-state index contributed by atoms with van der Waals surface area (Å²) in [5.74, 6) is 0.150. The first kappa shape index (κ1) is 25.6. The molecule has 0 radical (unpaired) electrons. The van der Waals surface area contributed by atoms with E-state index < -0.39 is 12.0 Å². The van der Waals surface area contributed by atoms with E-state index in [9.17, 15) is 9.59 Å². The predicted molar refractivity (Wildman–Crippen MR) is 150 cm³/mol. The van der Waals surface area contributed by atoms with Gasteiger partial charge in [-0.15, -0.1) is 0 Å². The number of carbonyl (C=O) groups is 1. The van der Waals surface area contributed by atoms with Crippen LogP contribution in [0.2, 0.25) is 0 Å². The summed E-state index contributed by atoms with van der Waals surface area (Å²) in [5, 5.41) is 8.82. The second kappa shape index (κ2) is 11.0. The van der Waals surface area contributed by atoms with Crippen molar-refractivity contribution in [1.82, 2.24) is 4.57 Å². The van der Waals surface area contributed by atoms with Crippen LogP contribution in [0, 0.1) is 18.5 Å². The van der Waals surface area contributed by atoms with Crippen molar-refractivity contribution in [2.45, 2.75) is 19.4 Å². The fourth-order valence-electron chi connectivity index (χ4n) is 3.87. The van der Waals surface area contributed by atoms with E-state index in [1.807, 2.05) is 61.5 Å². The fraction of sp³-hybridized carbons (Fsp3) is 0.200. The van der Waals surface area contributed by atoms with Gasteiger partial charge in [0, 0.05) is 0 Å². The standard InChI is InChI=1S/C25H19I2N3O4S/c1-3-18-20(24(32)33-2)21(15-7-5-4-6-8-15)30-23(31)19(35-25(30)29-18)13-14-11-16(26)22(17(27)12-14)34-10-9-28/h4-8,11-13,21H,3,10H2,1-2H3/b19-13-/t21-/m0/s1. The molecule has 0 fully saturated rings. The number of aromatic nitrogens is 1. The third-order valence-corrected chi connectivity index (χ3v) is 7.95. The molecule has 2 heterocycles. The van der Waals surface area contributed by atoms with E-state index in [4.69, 9.17) is 14.7 Å². The largest absolute Gasteiger partial charge is 0.477 e. The molecule has 35 heavy (non-hydrogen) atoms. The Bertz CT molecular complexity index is 1530. The van der Waals surface area contributed by atoms with Crippen LogP contribution in [0.25, 0.3) is 6.08 Å². The molecule has 0 saturated heterocycles. The number of allylic oxidation sites excluding steroid dienone is 1. The number of nitrogens with zero attached hydrogens (tertiary/aromatic N) is 3. The van der Waals surface area contributed by atoms with Crippen LogP contribution < -0.4 is 19.6 Å². The molecule has 0 saturated carbocycles. The number of fused-ring (bicyclic) bond motifs is 1. The van der Waals surface area contributed by atoms with Crippen molar-refractivity contribution >= 4 is 68.6 Å². The van der Waals surface area contributed by atoms with Crippen molar-refractivity contribution < 1.29 is 14.3 Å². The fourth-order valence-corrected chi connectivity index (χ4v) is 7.02. The first-order valence-electron chi connectivity index (χ1n) is 10.6. The van der Waals surface area contributed by atoms with Gasteiger partial charge in [0.2, 0.25) is 0 Å². The van der Waals surface area contributed by atoms with Gasteiger partial charge in [0.15, 0.2) is 11.4 Å². The maximum Gasteiger partial charge on any atom is 0.338 e. The van der Waals surface area contributed by atoms with Gasteiger partial charge in [0.05, 0.1) is 36.1 Å². The summed E-state index contributed by atoms with van der Waals surface area (Å²) in [6.45, 7) is 1.89. The summed E-state index contributed by atoms with van der Waals surface area (Å²) in [6.07, 6.45) is 2.34. The van der Waals surface area contributed by atoms with Gasteiger partial charge in [-0.3, -0.25) is 9.36 Å². The van der Waals surface area contributed by atoms with Crippen molar-refractivity contribution in [1.29, 1.82) is 5.26 Å². The Morgan fingerprint density at radius 3 is 2.54 bits per heavy atom. The van der Waals surface area contributed by atoms with E-state index in [0.29, 0.717) is 32.8 Å².